The summed E-state index contributed by atoms with van der Waals surface area (Å²) in [4.78, 5) is 15.1. The molecule has 4 rings (SSSR count). The summed E-state index contributed by atoms with van der Waals surface area (Å²) in [5.74, 6) is 0.792. The van der Waals surface area contributed by atoms with Crippen LogP contribution in [0.5, 0.6) is 5.75 Å². The molecule has 1 unspecified atom stereocenters. The van der Waals surface area contributed by atoms with E-state index in [-0.39, 0.29) is 5.91 Å². The lowest BCUT2D eigenvalue weighted by Gasteiger charge is -2.34. The van der Waals surface area contributed by atoms with Crippen LogP contribution in [0.25, 0.3) is 27.7 Å². The number of allylic oxidation sites excluding steroid dienone is 1. The maximum Gasteiger partial charge on any atom is 0.247 e. The first-order valence-electron chi connectivity index (χ1n) is 10.9. The van der Waals surface area contributed by atoms with Gasteiger partial charge in [0.25, 0.3) is 0 Å². The smallest absolute Gasteiger partial charge is 0.247 e. The zero-order chi connectivity index (χ0) is 22.0. The maximum atomic E-state index is 13.1. The van der Waals surface area contributed by atoms with Crippen molar-refractivity contribution in [1.82, 2.24) is 4.90 Å². The second kappa shape index (κ2) is 9.31. The number of likely N-dealkylation sites (tertiary alicyclic amines) is 1. The largest absolute Gasteiger partial charge is 0.496 e. The van der Waals surface area contributed by atoms with Gasteiger partial charge in [0.2, 0.25) is 5.91 Å². The molecule has 5 heteroatoms. The fourth-order valence-corrected chi connectivity index (χ4v) is 4.87. The molecule has 0 aliphatic carbocycles. The molecule has 0 radical (unpaired) electrons. The Hall–Kier alpha value is -2.53. The average molecular weight is 482 g/mol. The predicted octanol–water partition coefficient (Wildman–Crippen LogP) is 7.07. The first-order valence-corrected chi connectivity index (χ1v) is 11.7. The Morgan fingerprint density at radius 2 is 2.13 bits per heavy atom. The van der Waals surface area contributed by atoms with Crippen LogP contribution in [0.3, 0.4) is 0 Å². The van der Waals surface area contributed by atoms with Crippen molar-refractivity contribution in [2.24, 2.45) is 0 Å². The lowest BCUT2D eigenvalue weighted by molar-refractivity contribution is -0.129. The topological polar surface area (TPSA) is 42.7 Å². The summed E-state index contributed by atoms with van der Waals surface area (Å²) >= 11 is 3.55. The van der Waals surface area contributed by atoms with Crippen LogP contribution >= 0.6 is 15.9 Å². The van der Waals surface area contributed by atoms with E-state index in [4.69, 9.17) is 9.15 Å². The number of benzene rings is 2. The number of hydrogen-bond donors (Lipinski definition) is 0. The fraction of sp³-hybridized carbons (Fsp3) is 0.346. The Bertz CT molecular complexity index is 1130. The van der Waals surface area contributed by atoms with Crippen molar-refractivity contribution in [3.05, 3.63) is 58.8 Å². The van der Waals surface area contributed by atoms with Gasteiger partial charge >= 0.3 is 0 Å². The Labute approximate surface area is 192 Å². The number of carbonyl (C=O) groups excluding carboxylic acids is 1. The van der Waals surface area contributed by atoms with Crippen molar-refractivity contribution < 1.29 is 13.9 Å². The zero-order valence-corrected chi connectivity index (χ0v) is 19.9. The summed E-state index contributed by atoms with van der Waals surface area (Å²) in [6, 6.07) is 12.5. The fourth-order valence-electron chi connectivity index (χ4n) is 4.47. The standard InChI is InChI=1S/C26H28BrNO3/c1-4-20-10-5-6-11-28(20)26(29)12-17(2)21-14-22-23(18-8-7-9-19(27)13-18)16-31-25(22)15-24(21)30-3/h7-9,12-16,20H,4-6,10-11H2,1-3H3/b17-12+. The summed E-state index contributed by atoms with van der Waals surface area (Å²) < 4.78 is 12.5. The molecule has 3 aromatic rings. The van der Waals surface area contributed by atoms with Gasteiger partial charge in [-0.05, 0) is 61.9 Å². The number of carbonyl (C=O) groups is 1. The predicted molar refractivity (Wildman–Crippen MR) is 129 cm³/mol. The van der Waals surface area contributed by atoms with Crippen LogP contribution in [-0.2, 0) is 4.79 Å². The molecular formula is C26H28BrNO3. The first kappa shape index (κ1) is 21.7. The molecule has 4 nitrogen and oxygen atoms in total. The minimum Gasteiger partial charge on any atom is -0.496 e. The number of halogens is 1. The van der Waals surface area contributed by atoms with Gasteiger partial charge < -0.3 is 14.1 Å². The molecule has 0 N–H and O–H groups in total. The number of piperidine rings is 1. The molecule has 1 amide bonds. The number of fused-ring (bicyclic) bond motifs is 1. The number of nitrogens with zero attached hydrogens (tertiary/aromatic N) is 1. The number of furan rings is 1. The minimum absolute atomic E-state index is 0.0885. The molecule has 1 atom stereocenters. The second-order valence-corrected chi connectivity index (χ2v) is 9.04. The maximum absolute atomic E-state index is 13.1. The molecule has 0 saturated carbocycles. The van der Waals surface area contributed by atoms with Gasteiger partial charge in [0.1, 0.15) is 11.3 Å². The molecule has 1 aromatic heterocycles. The lowest BCUT2D eigenvalue weighted by atomic mass is 9.98. The third-order valence-corrected chi connectivity index (χ3v) is 6.67. The van der Waals surface area contributed by atoms with Gasteiger partial charge in [-0.1, -0.05) is 35.0 Å². The quantitative estimate of drug-likeness (QED) is 0.366. The van der Waals surface area contributed by atoms with Gasteiger partial charge in [0, 0.05) is 45.7 Å². The lowest BCUT2D eigenvalue weighted by Crippen LogP contribution is -2.42. The van der Waals surface area contributed by atoms with E-state index < -0.39 is 0 Å². The highest BCUT2D eigenvalue weighted by Crippen LogP contribution is 2.38. The van der Waals surface area contributed by atoms with E-state index in [1.165, 1.54) is 6.42 Å². The molecule has 2 heterocycles. The highest BCUT2D eigenvalue weighted by atomic mass is 79.9. The van der Waals surface area contributed by atoms with Crippen molar-refractivity contribution >= 4 is 38.4 Å². The van der Waals surface area contributed by atoms with Crippen molar-refractivity contribution in [1.29, 1.82) is 0 Å². The van der Waals surface area contributed by atoms with Crippen LogP contribution < -0.4 is 4.74 Å². The summed E-state index contributed by atoms with van der Waals surface area (Å²) in [6.45, 7) is 4.98. The molecule has 0 spiro atoms. The second-order valence-electron chi connectivity index (χ2n) is 8.13. The van der Waals surface area contributed by atoms with Gasteiger partial charge in [0.05, 0.1) is 13.4 Å². The number of methoxy groups -OCH3 is 1. The van der Waals surface area contributed by atoms with E-state index in [9.17, 15) is 4.79 Å². The first-order chi connectivity index (χ1) is 15.0. The van der Waals surface area contributed by atoms with E-state index in [0.717, 1.165) is 63.5 Å². The number of ether oxygens (including phenoxy) is 1. The molecule has 2 aromatic carbocycles. The molecule has 1 saturated heterocycles. The number of amides is 1. The van der Waals surface area contributed by atoms with E-state index in [0.29, 0.717) is 11.8 Å². The van der Waals surface area contributed by atoms with Gasteiger partial charge in [-0.15, -0.1) is 0 Å². The summed E-state index contributed by atoms with van der Waals surface area (Å²) in [6.07, 6.45) is 7.91. The third-order valence-electron chi connectivity index (χ3n) is 6.18. The van der Waals surface area contributed by atoms with E-state index in [2.05, 4.69) is 41.1 Å². The van der Waals surface area contributed by atoms with Crippen LogP contribution in [0.4, 0.5) is 0 Å². The van der Waals surface area contributed by atoms with Crippen molar-refractivity contribution in [2.45, 2.75) is 45.6 Å². The Morgan fingerprint density at radius 1 is 1.29 bits per heavy atom. The minimum atomic E-state index is 0.0885. The SMILES string of the molecule is CCC1CCCCN1C(=O)/C=C(\C)c1cc2c(-c3cccc(Br)c3)coc2cc1OC. The Morgan fingerprint density at radius 3 is 2.87 bits per heavy atom. The third kappa shape index (κ3) is 4.42. The Balaban J connectivity index is 1.74. The van der Waals surface area contributed by atoms with Gasteiger partial charge in [-0.25, -0.2) is 0 Å². The highest BCUT2D eigenvalue weighted by Gasteiger charge is 2.24. The van der Waals surface area contributed by atoms with E-state index in [1.807, 2.05) is 30.0 Å². The molecule has 1 fully saturated rings. The van der Waals surface area contributed by atoms with Crippen LogP contribution in [0, 0.1) is 0 Å². The number of hydrogen-bond acceptors (Lipinski definition) is 3. The van der Waals surface area contributed by atoms with Crippen molar-refractivity contribution in [3.8, 4) is 16.9 Å². The van der Waals surface area contributed by atoms with Crippen LogP contribution in [0.1, 0.15) is 45.1 Å². The molecular weight excluding hydrogens is 454 g/mol. The van der Waals surface area contributed by atoms with Crippen molar-refractivity contribution in [2.75, 3.05) is 13.7 Å². The van der Waals surface area contributed by atoms with Crippen LogP contribution in [0.2, 0.25) is 0 Å². The van der Waals surface area contributed by atoms with E-state index >= 15 is 0 Å². The monoisotopic (exact) mass is 481 g/mol. The number of rotatable bonds is 5. The van der Waals surface area contributed by atoms with E-state index in [1.54, 1.807) is 19.4 Å². The molecule has 1 aliphatic heterocycles. The highest BCUT2D eigenvalue weighted by molar-refractivity contribution is 9.10. The zero-order valence-electron chi connectivity index (χ0n) is 18.3. The van der Waals surface area contributed by atoms with Crippen molar-refractivity contribution in [3.63, 3.8) is 0 Å². The summed E-state index contributed by atoms with van der Waals surface area (Å²) in [5, 5.41) is 0.999. The van der Waals surface area contributed by atoms with Crippen LogP contribution in [0.15, 0.2) is 57.6 Å². The average Bonchev–Trinajstić information content (AvgIpc) is 3.21. The molecule has 31 heavy (non-hydrogen) atoms. The normalized spacial score (nSPS) is 17.2. The molecule has 0 bridgehead atoms. The molecule has 162 valence electrons. The molecule has 1 aliphatic rings. The van der Waals surface area contributed by atoms with Gasteiger partial charge in [0.15, 0.2) is 0 Å². The van der Waals surface area contributed by atoms with Crippen LogP contribution in [-0.4, -0.2) is 30.5 Å². The van der Waals surface area contributed by atoms with Gasteiger partial charge in [-0.3, -0.25) is 4.79 Å². The summed E-state index contributed by atoms with van der Waals surface area (Å²) in [7, 11) is 1.65. The Kier molecular flexibility index (Phi) is 6.51. The van der Waals surface area contributed by atoms with Gasteiger partial charge in [-0.2, -0.15) is 0 Å². The summed E-state index contributed by atoms with van der Waals surface area (Å²) in [5.41, 5.74) is 4.65.